The van der Waals surface area contributed by atoms with Crippen LogP contribution in [-0.4, -0.2) is 193 Å². The molecule has 0 saturated carbocycles. The Morgan fingerprint density at radius 3 is 1.34 bits per heavy atom. The van der Waals surface area contributed by atoms with E-state index >= 15 is 0 Å². The van der Waals surface area contributed by atoms with Gasteiger partial charge in [-0.15, -0.1) is 0 Å². The molecule has 0 spiro atoms. The predicted molar refractivity (Wildman–Crippen MR) is 318 cm³/mol. The second-order valence-electron chi connectivity index (χ2n) is 21.4. The van der Waals surface area contributed by atoms with Gasteiger partial charge in [0.05, 0.1) is 38.6 Å². The molecule has 3 heterocycles. The minimum Gasteiger partial charge on any atom is -0.394 e. The molecule has 0 bridgehead atoms. The van der Waals surface area contributed by atoms with Crippen molar-refractivity contribution >= 4 is 5.91 Å². The Morgan fingerprint density at radius 2 is 0.843 bits per heavy atom. The summed E-state index contributed by atoms with van der Waals surface area (Å²) in [5.74, 6) is -0.377. The summed E-state index contributed by atoms with van der Waals surface area (Å²) in [5.41, 5.74) is 0. The fraction of sp³-hybridized carbons (Fsp3) is 0.703. The van der Waals surface area contributed by atoms with Crippen LogP contribution >= 0.6 is 0 Å². The van der Waals surface area contributed by atoms with E-state index in [0.717, 1.165) is 57.8 Å². The van der Waals surface area contributed by atoms with Crippen LogP contribution in [-0.2, 0) is 33.2 Å². The molecule has 0 aromatic heterocycles. The highest BCUT2D eigenvalue weighted by atomic mass is 16.8. The summed E-state index contributed by atoms with van der Waals surface area (Å²) in [6.45, 7) is 1.50. The summed E-state index contributed by atoms with van der Waals surface area (Å²) in [6, 6.07) is -1.04. The normalized spacial score (nSPS) is 30.2. The van der Waals surface area contributed by atoms with E-state index in [0.29, 0.717) is 19.3 Å². The first-order valence-corrected chi connectivity index (χ1v) is 30.6. The molecule has 83 heavy (non-hydrogen) atoms. The van der Waals surface area contributed by atoms with Gasteiger partial charge in [0, 0.05) is 6.42 Å². The van der Waals surface area contributed by atoms with Crippen molar-refractivity contribution in [2.75, 3.05) is 26.4 Å². The number of hydrogen-bond acceptors (Lipinski definition) is 18. The Kier molecular flexibility index (Phi) is 40.6. The maximum absolute atomic E-state index is 13.3. The van der Waals surface area contributed by atoms with E-state index in [1.807, 2.05) is 12.2 Å². The largest absolute Gasteiger partial charge is 0.394 e. The van der Waals surface area contributed by atoms with E-state index in [1.54, 1.807) is 12.2 Å². The zero-order valence-electron chi connectivity index (χ0n) is 49.4. The van der Waals surface area contributed by atoms with E-state index in [-0.39, 0.29) is 12.3 Å². The van der Waals surface area contributed by atoms with Crippen molar-refractivity contribution in [2.24, 2.45) is 0 Å². The first-order chi connectivity index (χ1) is 40.3. The SMILES string of the molecule is CC/C=C\C/C=C\C/C=C\C/C=C\C/C=C\C/C=C\CCC(=O)NC(COC1OC(CO)C(OC2OC(CO)C(OC3OC(CO)C(O)C(O)C3O)C(O)C2O)C(O)C1O)C(O)/C=C/CC/C=C/CC/C=C/CCCCCCCCCCC. The molecule has 3 fully saturated rings. The third-order valence-corrected chi connectivity index (χ3v) is 14.5. The van der Waals surface area contributed by atoms with Gasteiger partial charge in [-0.25, -0.2) is 0 Å². The standard InChI is InChI=1S/C64H105NO18/c1-3-5-7-9-11-13-15-17-19-21-23-25-27-29-31-33-35-37-39-41-48(69)47(65-52(70)42-40-38-36-34-32-30-28-26-24-22-20-18-16-14-12-10-8-6-4-2)46-78-62-58(76)55(73)60(50(44-67)80-62)83-64-59(77)56(74)61(51(45-68)81-64)82-63-57(75)54(72)53(71)49(43-66)79-63/h6,8,12,14,18,20,23-26,30-33,36,38-39,41,47-51,53-64,66-69,71-77H,3-5,7,9-11,13,15-17,19,21-22,27-29,34-35,37,40,42-46H2,1-2H3,(H,65,70)/b8-6-,14-12-,20-18-,25-23+,26-24-,32-30-,33-31+,38-36-,41-39+. The minimum absolute atomic E-state index is 0.1000. The molecule has 0 radical (unpaired) electrons. The summed E-state index contributed by atoms with van der Waals surface area (Å²) in [7, 11) is 0. The summed E-state index contributed by atoms with van der Waals surface area (Å²) >= 11 is 0. The van der Waals surface area contributed by atoms with E-state index in [9.17, 15) is 61.0 Å². The Balaban J connectivity index is 1.55. The smallest absolute Gasteiger partial charge is 0.220 e. The van der Waals surface area contributed by atoms with Crippen molar-refractivity contribution < 1.29 is 89.4 Å². The molecule has 17 atom stereocenters. The third kappa shape index (κ3) is 29.1. The highest BCUT2D eigenvalue weighted by Gasteiger charge is 2.53. The average molecular weight is 1180 g/mol. The molecular weight excluding hydrogens is 1070 g/mol. The highest BCUT2D eigenvalue weighted by molar-refractivity contribution is 5.76. The number of ether oxygens (including phenoxy) is 6. The van der Waals surface area contributed by atoms with Gasteiger partial charge in [-0.3, -0.25) is 4.79 Å². The number of nitrogens with one attached hydrogen (secondary N) is 1. The molecule has 19 nitrogen and oxygen atoms in total. The monoisotopic (exact) mass is 1180 g/mol. The molecule has 17 unspecified atom stereocenters. The maximum atomic E-state index is 13.3. The number of aliphatic hydroxyl groups excluding tert-OH is 11. The lowest BCUT2D eigenvalue weighted by Gasteiger charge is -2.48. The van der Waals surface area contributed by atoms with E-state index in [4.69, 9.17) is 28.4 Å². The number of unbranched alkanes of at least 4 members (excludes halogenated alkanes) is 11. The number of amides is 1. The zero-order valence-corrected chi connectivity index (χ0v) is 49.4. The molecule has 19 heteroatoms. The quantitative estimate of drug-likeness (QED) is 0.0249. The van der Waals surface area contributed by atoms with Crippen molar-refractivity contribution in [3.8, 4) is 0 Å². The van der Waals surface area contributed by atoms with Crippen LogP contribution in [0.2, 0.25) is 0 Å². The van der Waals surface area contributed by atoms with Crippen LogP contribution in [0.5, 0.6) is 0 Å². The molecule has 1 amide bonds. The molecule has 3 aliphatic rings. The summed E-state index contributed by atoms with van der Waals surface area (Å²) in [6.07, 6.45) is 32.2. The van der Waals surface area contributed by atoms with E-state index < -0.39 is 131 Å². The Morgan fingerprint density at radius 1 is 0.446 bits per heavy atom. The number of aliphatic hydroxyl groups is 11. The van der Waals surface area contributed by atoms with Gasteiger partial charge in [0.15, 0.2) is 18.9 Å². The molecule has 12 N–H and O–H groups in total. The van der Waals surface area contributed by atoms with Gasteiger partial charge in [-0.1, -0.05) is 175 Å². The number of carbonyl (C=O) groups is 1. The van der Waals surface area contributed by atoms with Crippen LogP contribution in [0.4, 0.5) is 0 Å². The molecule has 0 aliphatic carbocycles. The van der Waals surface area contributed by atoms with Crippen molar-refractivity contribution in [3.05, 3.63) is 109 Å². The number of carbonyl (C=O) groups excluding carboxylic acids is 1. The van der Waals surface area contributed by atoms with Gasteiger partial charge in [-0.05, 0) is 83.5 Å². The van der Waals surface area contributed by atoms with Crippen molar-refractivity contribution in [1.82, 2.24) is 5.32 Å². The minimum atomic E-state index is -1.99. The second-order valence-corrected chi connectivity index (χ2v) is 21.4. The van der Waals surface area contributed by atoms with Crippen LogP contribution in [0.3, 0.4) is 0 Å². The number of hydrogen-bond donors (Lipinski definition) is 12. The molecular formula is C64H105NO18. The van der Waals surface area contributed by atoms with Crippen LogP contribution in [0, 0.1) is 0 Å². The van der Waals surface area contributed by atoms with Crippen LogP contribution < -0.4 is 5.32 Å². The molecule has 3 aliphatic heterocycles. The van der Waals surface area contributed by atoms with E-state index in [1.165, 1.54) is 57.8 Å². The maximum Gasteiger partial charge on any atom is 0.220 e. The highest BCUT2D eigenvalue weighted by Crippen LogP contribution is 2.33. The fourth-order valence-electron chi connectivity index (χ4n) is 9.54. The number of allylic oxidation sites excluding steroid dienone is 17. The average Bonchev–Trinajstić information content (AvgIpc) is 3.43. The summed E-state index contributed by atoms with van der Waals surface area (Å²) in [4.78, 5) is 13.3. The lowest BCUT2D eigenvalue weighted by Crippen LogP contribution is -2.66. The van der Waals surface area contributed by atoms with Gasteiger partial charge in [0.25, 0.3) is 0 Å². The van der Waals surface area contributed by atoms with Crippen LogP contribution in [0.15, 0.2) is 109 Å². The summed E-state index contributed by atoms with van der Waals surface area (Å²) < 4.78 is 34.2. The summed E-state index contributed by atoms with van der Waals surface area (Å²) in [5, 5.41) is 120. The van der Waals surface area contributed by atoms with Gasteiger partial charge in [-0.2, -0.15) is 0 Å². The molecule has 0 aromatic rings. The van der Waals surface area contributed by atoms with Crippen molar-refractivity contribution in [2.45, 2.75) is 259 Å². The first-order valence-electron chi connectivity index (χ1n) is 30.6. The van der Waals surface area contributed by atoms with Crippen molar-refractivity contribution in [3.63, 3.8) is 0 Å². The van der Waals surface area contributed by atoms with Crippen LogP contribution in [0.1, 0.15) is 155 Å². The van der Waals surface area contributed by atoms with E-state index in [2.05, 4.69) is 104 Å². The molecule has 3 rings (SSSR count). The topological polar surface area (TPSA) is 307 Å². The fourth-order valence-corrected chi connectivity index (χ4v) is 9.54. The predicted octanol–water partition coefficient (Wildman–Crippen LogP) is 5.92. The number of rotatable bonds is 43. The lowest BCUT2D eigenvalue weighted by molar-refractivity contribution is -0.379. The second kappa shape index (κ2) is 45.7. The Bertz CT molecular complexity index is 1930. The van der Waals surface area contributed by atoms with Crippen LogP contribution in [0.25, 0.3) is 0 Å². The molecule has 474 valence electrons. The van der Waals surface area contributed by atoms with Crippen molar-refractivity contribution in [1.29, 1.82) is 0 Å². The Hall–Kier alpha value is -3.55. The Labute approximate surface area is 494 Å². The molecule has 0 aromatic carbocycles. The first kappa shape index (κ1) is 73.7. The third-order valence-electron chi connectivity index (χ3n) is 14.5. The lowest BCUT2D eigenvalue weighted by atomic mass is 9.96. The van der Waals surface area contributed by atoms with Gasteiger partial charge >= 0.3 is 0 Å². The van der Waals surface area contributed by atoms with Gasteiger partial charge in [0.2, 0.25) is 5.91 Å². The zero-order chi connectivity index (χ0) is 60.5. The van der Waals surface area contributed by atoms with Gasteiger partial charge in [0.1, 0.15) is 73.2 Å². The molecule has 3 saturated heterocycles. The van der Waals surface area contributed by atoms with Gasteiger partial charge < -0.3 is 89.9 Å².